The number of pyridine rings is 1. The van der Waals surface area contributed by atoms with Crippen molar-refractivity contribution in [3.05, 3.63) is 53.7 Å². The normalized spacial score (nSPS) is 16.1. The first kappa shape index (κ1) is 18.2. The average molecular weight is 364 g/mol. The van der Waals surface area contributed by atoms with E-state index in [0.717, 1.165) is 10.5 Å². The van der Waals surface area contributed by atoms with Gasteiger partial charge in [0.1, 0.15) is 17.5 Å². The molecule has 0 unspecified atom stereocenters. The molecule has 1 aromatic heterocycles. The number of amides is 1. The summed E-state index contributed by atoms with van der Waals surface area (Å²) in [5, 5.41) is 0. The molecule has 0 spiro atoms. The van der Waals surface area contributed by atoms with E-state index in [0.29, 0.717) is 23.6 Å². The first-order valence-corrected chi connectivity index (χ1v) is 8.29. The molecule has 2 atom stereocenters. The number of benzene rings is 1. The zero-order chi connectivity index (χ0) is 18.9. The smallest absolute Gasteiger partial charge is 0.401 e. The summed E-state index contributed by atoms with van der Waals surface area (Å²) >= 11 is 0. The van der Waals surface area contributed by atoms with E-state index in [2.05, 4.69) is 4.98 Å². The van der Waals surface area contributed by atoms with E-state index < -0.39 is 23.9 Å². The van der Waals surface area contributed by atoms with Gasteiger partial charge in [0.25, 0.3) is 0 Å². The summed E-state index contributed by atoms with van der Waals surface area (Å²) in [5.41, 5.74) is 1.19. The molecule has 0 radical (unpaired) electrons. The number of rotatable bonds is 4. The van der Waals surface area contributed by atoms with Gasteiger partial charge >= 0.3 is 6.18 Å². The van der Waals surface area contributed by atoms with Crippen molar-refractivity contribution in [1.29, 1.82) is 0 Å². The molecule has 0 fully saturated rings. The van der Waals surface area contributed by atoms with Gasteiger partial charge in [-0.25, -0.2) is 4.98 Å². The van der Waals surface area contributed by atoms with Crippen LogP contribution in [0.15, 0.2) is 42.6 Å². The Kier molecular flexibility index (Phi) is 4.89. The van der Waals surface area contributed by atoms with E-state index in [1.807, 2.05) is 0 Å². The maximum atomic E-state index is 13.8. The molecule has 1 aromatic carbocycles. The van der Waals surface area contributed by atoms with Crippen LogP contribution in [-0.2, 0) is 11.2 Å². The third kappa shape index (κ3) is 3.38. The number of alkyl halides is 3. The lowest BCUT2D eigenvalue weighted by Gasteiger charge is -2.29. The number of carbonyl (C=O) groups excluding carboxylic acids is 1. The average Bonchev–Trinajstić information content (AvgIpc) is 3.04. The van der Waals surface area contributed by atoms with Gasteiger partial charge in [0.2, 0.25) is 5.91 Å². The van der Waals surface area contributed by atoms with Crippen LogP contribution < -0.4 is 9.64 Å². The zero-order valence-electron chi connectivity index (χ0n) is 14.5. The van der Waals surface area contributed by atoms with E-state index >= 15 is 0 Å². The number of fused-ring (bicyclic) bond motifs is 1. The zero-order valence-corrected chi connectivity index (χ0v) is 14.5. The second-order valence-electron chi connectivity index (χ2n) is 6.31. The van der Waals surface area contributed by atoms with Crippen LogP contribution in [0.1, 0.15) is 24.0 Å². The van der Waals surface area contributed by atoms with Crippen molar-refractivity contribution in [3.8, 4) is 5.75 Å². The highest BCUT2D eigenvalue weighted by molar-refractivity contribution is 5.97. The largest absolute Gasteiger partial charge is 0.497 e. The molecule has 2 aromatic rings. The number of anilines is 1. The fraction of sp³-hybridized carbons (Fsp3) is 0.368. The molecule has 0 N–H and O–H groups in total. The van der Waals surface area contributed by atoms with E-state index in [4.69, 9.17) is 4.74 Å². The highest BCUT2D eigenvalue weighted by Gasteiger charge is 2.51. The van der Waals surface area contributed by atoms with Crippen LogP contribution in [0.2, 0.25) is 0 Å². The molecule has 0 saturated heterocycles. The summed E-state index contributed by atoms with van der Waals surface area (Å²) < 4.78 is 46.5. The summed E-state index contributed by atoms with van der Waals surface area (Å²) in [4.78, 5) is 18.1. The number of hydrogen-bond donors (Lipinski definition) is 0. The van der Waals surface area contributed by atoms with Crippen LogP contribution >= 0.6 is 0 Å². The van der Waals surface area contributed by atoms with Crippen LogP contribution in [0.25, 0.3) is 0 Å². The van der Waals surface area contributed by atoms with E-state index in [-0.39, 0.29) is 6.54 Å². The van der Waals surface area contributed by atoms with Gasteiger partial charge in [-0.3, -0.25) is 9.69 Å². The molecule has 4 nitrogen and oxygen atoms in total. The molecule has 1 aliphatic rings. The van der Waals surface area contributed by atoms with E-state index in [9.17, 15) is 18.0 Å². The molecule has 7 heteroatoms. The summed E-state index contributed by atoms with van der Waals surface area (Å²) in [7, 11) is 1.45. The van der Waals surface area contributed by atoms with Gasteiger partial charge in [-0.2, -0.15) is 13.2 Å². The lowest BCUT2D eigenvalue weighted by molar-refractivity contribution is -0.185. The molecule has 138 valence electrons. The van der Waals surface area contributed by atoms with Crippen molar-refractivity contribution in [1.82, 2.24) is 4.98 Å². The van der Waals surface area contributed by atoms with Gasteiger partial charge in [-0.05, 0) is 35.7 Å². The van der Waals surface area contributed by atoms with Crippen molar-refractivity contribution >= 4 is 11.7 Å². The summed E-state index contributed by atoms with van der Waals surface area (Å²) in [6, 6.07) is 9.88. The fourth-order valence-corrected chi connectivity index (χ4v) is 3.34. The van der Waals surface area contributed by atoms with E-state index in [1.165, 1.54) is 26.3 Å². The molecule has 2 heterocycles. The fourth-order valence-electron chi connectivity index (χ4n) is 3.34. The monoisotopic (exact) mass is 364 g/mol. The minimum absolute atomic E-state index is 0.211. The standard InChI is InChI=1S/C19H19F3N2O2/c1-12(14-5-3-7-15(11-14)26-2)16(19(20,21)22)18(25)24-10-8-13-6-4-9-23-17(13)24/h3-7,9,11-12,16H,8,10H2,1-2H3/t12-,16+/m1/s1. The number of halogens is 3. The second kappa shape index (κ2) is 6.97. The predicted molar refractivity (Wildman–Crippen MR) is 91.2 cm³/mol. The second-order valence-corrected chi connectivity index (χ2v) is 6.31. The van der Waals surface area contributed by atoms with Crippen molar-refractivity contribution < 1.29 is 22.7 Å². The maximum Gasteiger partial charge on any atom is 0.401 e. The highest BCUT2D eigenvalue weighted by Crippen LogP contribution is 2.41. The lowest BCUT2D eigenvalue weighted by atomic mass is 9.86. The van der Waals surface area contributed by atoms with Crippen molar-refractivity contribution in [2.45, 2.75) is 25.4 Å². The van der Waals surface area contributed by atoms with Crippen LogP contribution in [-0.4, -0.2) is 30.7 Å². The Bertz CT molecular complexity index is 807. The van der Waals surface area contributed by atoms with Gasteiger partial charge < -0.3 is 4.74 Å². The number of methoxy groups -OCH3 is 1. The predicted octanol–water partition coefficient (Wildman–Crippen LogP) is 3.96. The Labute approximate surface area is 149 Å². The SMILES string of the molecule is COc1cccc([C@@H](C)[C@@H](C(=O)N2CCc3cccnc32)C(F)(F)F)c1. The summed E-state index contributed by atoms with van der Waals surface area (Å²) in [6.45, 7) is 1.63. The Morgan fingerprint density at radius 2 is 2.04 bits per heavy atom. The van der Waals surface area contributed by atoms with Crippen molar-refractivity contribution in [2.75, 3.05) is 18.6 Å². The van der Waals surface area contributed by atoms with Crippen LogP contribution in [0, 0.1) is 5.92 Å². The van der Waals surface area contributed by atoms with Crippen molar-refractivity contribution in [3.63, 3.8) is 0 Å². The molecular formula is C19H19F3N2O2. The molecule has 1 amide bonds. The van der Waals surface area contributed by atoms with Crippen molar-refractivity contribution in [2.24, 2.45) is 5.92 Å². The number of ether oxygens (including phenoxy) is 1. The van der Waals surface area contributed by atoms with Crippen LogP contribution in [0.5, 0.6) is 5.75 Å². The Morgan fingerprint density at radius 3 is 2.73 bits per heavy atom. The van der Waals surface area contributed by atoms with Gasteiger partial charge in [-0.1, -0.05) is 25.1 Å². The van der Waals surface area contributed by atoms with Gasteiger partial charge in [0.05, 0.1) is 7.11 Å². The first-order valence-electron chi connectivity index (χ1n) is 8.29. The molecule has 0 aliphatic carbocycles. The highest BCUT2D eigenvalue weighted by atomic mass is 19.4. The lowest BCUT2D eigenvalue weighted by Crippen LogP contribution is -2.44. The molecule has 0 saturated carbocycles. The Balaban J connectivity index is 1.95. The minimum atomic E-state index is -4.67. The molecule has 1 aliphatic heterocycles. The topological polar surface area (TPSA) is 42.4 Å². The Hall–Kier alpha value is -2.57. The van der Waals surface area contributed by atoms with Gasteiger partial charge in [0.15, 0.2) is 0 Å². The van der Waals surface area contributed by atoms with Gasteiger partial charge in [0, 0.05) is 18.7 Å². The van der Waals surface area contributed by atoms with E-state index in [1.54, 1.807) is 30.3 Å². The molecule has 0 bridgehead atoms. The third-order valence-corrected chi connectivity index (χ3v) is 4.73. The molecular weight excluding hydrogens is 345 g/mol. The summed E-state index contributed by atoms with van der Waals surface area (Å²) in [6.07, 6.45) is -2.68. The maximum absolute atomic E-state index is 13.8. The Morgan fingerprint density at radius 1 is 1.27 bits per heavy atom. The minimum Gasteiger partial charge on any atom is -0.497 e. The quantitative estimate of drug-likeness (QED) is 0.825. The number of carbonyl (C=O) groups is 1. The molecule has 3 rings (SSSR count). The van der Waals surface area contributed by atoms with Gasteiger partial charge in [-0.15, -0.1) is 0 Å². The number of nitrogens with zero attached hydrogens (tertiary/aromatic N) is 2. The number of aromatic nitrogens is 1. The third-order valence-electron chi connectivity index (χ3n) is 4.73. The van der Waals surface area contributed by atoms with Crippen LogP contribution in [0.3, 0.4) is 0 Å². The first-order chi connectivity index (χ1) is 12.3. The van der Waals surface area contributed by atoms with Crippen LogP contribution in [0.4, 0.5) is 19.0 Å². The summed E-state index contributed by atoms with van der Waals surface area (Å²) in [5.74, 6) is -3.39. The number of hydrogen-bond acceptors (Lipinski definition) is 3. The molecule has 26 heavy (non-hydrogen) atoms.